The van der Waals surface area contributed by atoms with Crippen LogP contribution in [0.15, 0.2) is 4.99 Å². The maximum Gasteiger partial charge on any atom is 0.264 e. The first-order valence-electron chi connectivity index (χ1n) is 4.24. The lowest BCUT2D eigenvalue weighted by molar-refractivity contribution is 0.0327. The molecule has 1 saturated heterocycles. The first-order chi connectivity index (χ1) is 5.88. The van der Waals surface area contributed by atoms with E-state index in [1.54, 1.807) is 0 Å². The third-order valence-corrected chi connectivity index (χ3v) is 3.10. The molecule has 13 heavy (non-hydrogen) atoms. The van der Waals surface area contributed by atoms with Gasteiger partial charge in [0.1, 0.15) is 6.54 Å². The van der Waals surface area contributed by atoms with Gasteiger partial charge in [-0.3, -0.25) is 4.99 Å². The smallest absolute Gasteiger partial charge is 0.264 e. The van der Waals surface area contributed by atoms with Crippen LogP contribution in [-0.4, -0.2) is 28.9 Å². The fourth-order valence-corrected chi connectivity index (χ4v) is 1.94. The zero-order chi connectivity index (χ0) is 10.1. The normalized spacial score (nSPS) is 32.2. The van der Waals surface area contributed by atoms with Crippen LogP contribution in [0.5, 0.6) is 0 Å². The molecule has 1 aliphatic heterocycles. The predicted molar refractivity (Wildman–Crippen MR) is 52.6 cm³/mol. The van der Waals surface area contributed by atoms with Crippen LogP contribution in [0, 0.1) is 0 Å². The number of nitrogens with one attached hydrogen (secondary N) is 1. The number of hydrogen-bond acceptors (Lipinski definition) is 2. The van der Waals surface area contributed by atoms with Crippen molar-refractivity contribution in [2.24, 2.45) is 4.99 Å². The molecule has 0 spiro atoms. The lowest BCUT2D eigenvalue weighted by atomic mass is 10.3. The Balaban J connectivity index is 2.46. The number of amidine groups is 1. The van der Waals surface area contributed by atoms with Crippen molar-refractivity contribution in [3.05, 3.63) is 0 Å². The van der Waals surface area contributed by atoms with Gasteiger partial charge in [0.2, 0.25) is 0 Å². The summed E-state index contributed by atoms with van der Waals surface area (Å²) >= 11 is 1.52. The molecule has 0 aromatic heterocycles. The quantitative estimate of drug-likeness (QED) is 0.751. The Hall–Kier alpha value is -0.320. The summed E-state index contributed by atoms with van der Waals surface area (Å²) in [6.07, 6.45) is 0. The summed E-state index contributed by atoms with van der Waals surface area (Å²) < 4.78 is 24.9. The van der Waals surface area contributed by atoms with Gasteiger partial charge in [0.25, 0.3) is 5.92 Å². The second-order valence-electron chi connectivity index (χ2n) is 3.45. The molecule has 2 atom stereocenters. The summed E-state index contributed by atoms with van der Waals surface area (Å²) in [7, 11) is 0. The van der Waals surface area contributed by atoms with E-state index in [-0.39, 0.29) is 0 Å². The van der Waals surface area contributed by atoms with Crippen molar-refractivity contribution in [1.82, 2.24) is 5.32 Å². The van der Waals surface area contributed by atoms with Crippen molar-refractivity contribution >= 4 is 16.9 Å². The summed E-state index contributed by atoms with van der Waals surface area (Å²) in [5.41, 5.74) is 0. The van der Waals surface area contributed by atoms with Gasteiger partial charge in [-0.25, -0.2) is 8.78 Å². The molecule has 0 radical (unpaired) electrons. The number of alkyl halides is 2. The lowest BCUT2D eigenvalue weighted by Gasteiger charge is -2.06. The highest BCUT2D eigenvalue weighted by atomic mass is 32.2. The molecule has 1 rings (SSSR count). The first-order valence-corrected chi connectivity index (χ1v) is 5.12. The van der Waals surface area contributed by atoms with Gasteiger partial charge in [-0.05, 0) is 6.92 Å². The molecule has 0 aromatic carbocycles. The fourth-order valence-electron chi connectivity index (χ4n) is 0.918. The molecule has 0 bridgehead atoms. The molecular formula is C8H14F2N2S. The van der Waals surface area contributed by atoms with Crippen LogP contribution in [0.1, 0.15) is 20.8 Å². The Morgan fingerprint density at radius 2 is 2.15 bits per heavy atom. The fraction of sp³-hybridized carbons (Fsp3) is 0.875. The molecule has 1 fully saturated rings. The molecule has 1 heterocycles. The highest BCUT2D eigenvalue weighted by Crippen LogP contribution is 2.23. The SMILES string of the molecule is CC1NC(=NCC(C)(F)F)SC1C. The highest BCUT2D eigenvalue weighted by molar-refractivity contribution is 8.14. The van der Waals surface area contributed by atoms with Gasteiger partial charge in [0.05, 0.1) is 0 Å². The van der Waals surface area contributed by atoms with Crippen molar-refractivity contribution < 1.29 is 8.78 Å². The van der Waals surface area contributed by atoms with Gasteiger partial charge in [-0.2, -0.15) is 0 Å². The summed E-state index contributed by atoms with van der Waals surface area (Å²) in [5, 5.41) is 4.10. The van der Waals surface area contributed by atoms with Gasteiger partial charge in [-0.1, -0.05) is 18.7 Å². The van der Waals surface area contributed by atoms with Crippen molar-refractivity contribution in [2.75, 3.05) is 6.54 Å². The van der Waals surface area contributed by atoms with Crippen molar-refractivity contribution in [3.63, 3.8) is 0 Å². The molecule has 5 heteroatoms. The van der Waals surface area contributed by atoms with Crippen molar-refractivity contribution in [3.8, 4) is 0 Å². The number of nitrogens with zero attached hydrogens (tertiary/aromatic N) is 1. The van der Waals surface area contributed by atoms with Crippen LogP contribution in [0.4, 0.5) is 8.78 Å². The minimum absolute atomic E-state index is 0.314. The highest BCUT2D eigenvalue weighted by Gasteiger charge is 2.26. The summed E-state index contributed by atoms with van der Waals surface area (Å²) in [4.78, 5) is 3.81. The van der Waals surface area contributed by atoms with E-state index in [1.807, 2.05) is 6.92 Å². The number of thioether (sulfide) groups is 1. The standard InChI is InChI=1S/C8H14F2N2S/c1-5-6(2)13-7(12-5)11-4-8(3,9)10/h5-6H,4H2,1-3H3,(H,11,12). The molecule has 0 amide bonds. The maximum atomic E-state index is 12.4. The number of halogens is 2. The van der Waals surface area contributed by atoms with E-state index in [4.69, 9.17) is 0 Å². The largest absolute Gasteiger partial charge is 0.361 e. The molecular weight excluding hydrogens is 194 g/mol. The summed E-state index contributed by atoms with van der Waals surface area (Å²) in [6, 6.07) is 0.314. The molecule has 76 valence electrons. The Bertz CT molecular complexity index is 201. The van der Waals surface area contributed by atoms with E-state index in [0.29, 0.717) is 16.5 Å². The molecule has 1 aliphatic rings. The molecule has 2 unspecified atom stereocenters. The number of rotatable bonds is 2. The van der Waals surface area contributed by atoms with Crippen LogP contribution in [0.25, 0.3) is 0 Å². The number of hydrogen-bond donors (Lipinski definition) is 1. The second kappa shape index (κ2) is 3.82. The predicted octanol–water partition coefficient (Wildman–Crippen LogP) is 2.11. The molecule has 0 aromatic rings. The average Bonchev–Trinajstić information content (AvgIpc) is 2.27. The second-order valence-corrected chi connectivity index (χ2v) is 4.81. The Morgan fingerprint density at radius 1 is 1.54 bits per heavy atom. The molecule has 2 nitrogen and oxygen atoms in total. The van der Waals surface area contributed by atoms with Gasteiger partial charge in [0, 0.05) is 18.2 Å². The molecule has 0 saturated carbocycles. The van der Waals surface area contributed by atoms with Crippen LogP contribution in [-0.2, 0) is 0 Å². The minimum atomic E-state index is -2.70. The van der Waals surface area contributed by atoms with Crippen LogP contribution < -0.4 is 5.32 Å². The van der Waals surface area contributed by atoms with Gasteiger partial charge < -0.3 is 5.32 Å². The third kappa shape index (κ3) is 3.50. The Kier molecular flexibility index (Phi) is 3.16. The number of aliphatic imine (C=N–C) groups is 1. The van der Waals surface area contributed by atoms with Gasteiger partial charge in [-0.15, -0.1) is 0 Å². The zero-order valence-corrected chi connectivity index (χ0v) is 8.79. The Labute approximate surface area is 81.2 Å². The third-order valence-electron chi connectivity index (χ3n) is 1.85. The van der Waals surface area contributed by atoms with E-state index in [1.165, 1.54) is 11.8 Å². The van der Waals surface area contributed by atoms with Crippen LogP contribution in [0.3, 0.4) is 0 Å². The summed E-state index contributed by atoms with van der Waals surface area (Å²) in [6.45, 7) is 4.52. The topological polar surface area (TPSA) is 24.4 Å². The molecule has 1 N–H and O–H groups in total. The summed E-state index contributed by atoms with van der Waals surface area (Å²) in [5.74, 6) is -2.70. The van der Waals surface area contributed by atoms with Crippen molar-refractivity contribution in [2.45, 2.75) is 38.0 Å². The monoisotopic (exact) mass is 208 g/mol. The van der Waals surface area contributed by atoms with Crippen molar-refractivity contribution in [1.29, 1.82) is 0 Å². The minimum Gasteiger partial charge on any atom is -0.361 e. The maximum absolute atomic E-state index is 12.4. The van der Waals surface area contributed by atoms with E-state index in [2.05, 4.69) is 17.2 Å². The zero-order valence-electron chi connectivity index (χ0n) is 7.97. The lowest BCUT2D eigenvalue weighted by Crippen LogP contribution is -2.27. The average molecular weight is 208 g/mol. The van der Waals surface area contributed by atoms with Gasteiger partial charge in [0.15, 0.2) is 5.17 Å². The first kappa shape index (κ1) is 10.8. The van der Waals surface area contributed by atoms with E-state index < -0.39 is 12.5 Å². The molecule has 0 aliphatic carbocycles. The van der Waals surface area contributed by atoms with E-state index >= 15 is 0 Å². The van der Waals surface area contributed by atoms with E-state index in [0.717, 1.165) is 6.92 Å². The van der Waals surface area contributed by atoms with Gasteiger partial charge >= 0.3 is 0 Å². The van der Waals surface area contributed by atoms with Crippen LogP contribution in [0.2, 0.25) is 0 Å². The Morgan fingerprint density at radius 3 is 2.54 bits per heavy atom. The van der Waals surface area contributed by atoms with E-state index in [9.17, 15) is 8.78 Å². The van der Waals surface area contributed by atoms with Crippen LogP contribution >= 0.6 is 11.8 Å².